The van der Waals surface area contributed by atoms with Crippen LogP contribution in [0.2, 0.25) is 0 Å². The van der Waals surface area contributed by atoms with Gasteiger partial charge in [-0.2, -0.15) is 0 Å². The number of nitrogens with zero attached hydrogens (tertiary/aromatic N) is 2. The number of thioether (sulfide) groups is 1. The van der Waals surface area contributed by atoms with Crippen LogP contribution in [0.4, 0.5) is 5.69 Å². The van der Waals surface area contributed by atoms with Gasteiger partial charge in [0.25, 0.3) is 0 Å². The van der Waals surface area contributed by atoms with Crippen LogP contribution in [0.25, 0.3) is 0 Å². The third-order valence-electron chi connectivity index (χ3n) is 6.52. The van der Waals surface area contributed by atoms with E-state index in [1.54, 1.807) is 0 Å². The van der Waals surface area contributed by atoms with Gasteiger partial charge in [0, 0.05) is 11.8 Å². The molecule has 2 saturated carbocycles. The average Bonchev–Trinajstić information content (AvgIpc) is 3.31. The third-order valence-corrected chi connectivity index (χ3v) is 7.75. The van der Waals surface area contributed by atoms with Gasteiger partial charge in [0.1, 0.15) is 0 Å². The van der Waals surface area contributed by atoms with E-state index in [1.807, 2.05) is 11.8 Å². The molecule has 0 aromatic heterocycles. The highest BCUT2D eigenvalue weighted by Crippen LogP contribution is 2.48. The van der Waals surface area contributed by atoms with Gasteiger partial charge in [-0.3, -0.25) is 0 Å². The Labute approximate surface area is 151 Å². The van der Waals surface area contributed by atoms with Crippen molar-refractivity contribution in [1.82, 2.24) is 4.90 Å². The Morgan fingerprint density at radius 2 is 1.67 bits per heavy atom. The molecule has 0 unspecified atom stereocenters. The van der Waals surface area contributed by atoms with Crippen LogP contribution in [0, 0.1) is 20.8 Å². The lowest BCUT2D eigenvalue weighted by Crippen LogP contribution is -2.50. The van der Waals surface area contributed by atoms with E-state index >= 15 is 0 Å². The topological polar surface area (TPSA) is 15.6 Å². The lowest BCUT2D eigenvalue weighted by atomic mass is 9.95. The van der Waals surface area contributed by atoms with Gasteiger partial charge < -0.3 is 4.90 Å². The number of aliphatic imine (C=N–C) groups is 1. The van der Waals surface area contributed by atoms with Crippen molar-refractivity contribution in [1.29, 1.82) is 0 Å². The first kappa shape index (κ1) is 16.5. The van der Waals surface area contributed by atoms with Crippen LogP contribution < -0.4 is 0 Å². The second-order valence-electron chi connectivity index (χ2n) is 8.10. The third kappa shape index (κ3) is 2.69. The predicted octanol–water partition coefficient (Wildman–Crippen LogP) is 5.90. The van der Waals surface area contributed by atoms with Gasteiger partial charge >= 0.3 is 0 Å². The monoisotopic (exact) mass is 342 g/mol. The molecule has 24 heavy (non-hydrogen) atoms. The van der Waals surface area contributed by atoms with E-state index in [0.717, 1.165) is 6.04 Å². The first-order chi connectivity index (χ1) is 11.6. The molecular weight excluding hydrogens is 312 g/mol. The summed E-state index contributed by atoms with van der Waals surface area (Å²) in [7, 11) is 0. The number of aryl methyl sites for hydroxylation is 2. The van der Waals surface area contributed by atoms with E-state index in [-0.39, 0.29) is 0 Å². The number of benzene rings is 1. The highest BCUT2D eigenvalue weighted by molar-refractivity contribution is 8.14. The van der Waals surface area contributed by atoms with E-state index in [0.29, 0.717) is 5.54 Å². The Morgan fingerprint density at radius 3 is 2.38 bits per heavy atom. The van der Waals surface area contributed by atoms with Gasteiger partial charge in [-0.25, -0.2) is 4.99 Å². The summed E-state index contributed by atoms with van der Waals surface area (Å²) in [5, 5.41) is 1.32. The Bertz CT molecular complexity index is 652. The van der Waals surface area contributed by atoms with Crippen LogP contribution >= 0.6 is 11.8 Å². The maximum Gasteiger partial charge on any atom is 0.165 e. The first-order valence-electron chi connectivity index (χ1n) is 9.68. The molecule has 130 valence electrons. The zero-order chi connectivity index (χ0) is 16.7. The van der Waals surface area contributed by atoms with Gasteiger partial charge in [-0.05, 0) is 63.1 Å². The van der Waals surface area contributed by atoms with E-state index in [9.17, 15) is 0 Å². The summed E-state index contributed by atoms with van der Waals surface area (Å²) in [6.45, 7) is 6.64. The molecule has 4 rings (SSSR count). The molecule has 1 aromatic rings. The first-order valence-corrected chi connectivity index (χ1v) is 10.7. The molecule has 0 radical (unpaired) electrons. The second kappa shape index (κ2) is 6.40. The van der Waals surface area contributed by atoms with E-state index in [4.69, 9.17) is 4.99 Å². The van der Waals surface area contributed by atoms with E-state index < -0.39 is 0 Å². The van der Waals surface area contributed by atoms with Crippen molar-refractivity contribution in [2.24, 2.45) is 4.99 Å². The smallest absolute Gasteiger partial charge is 0.165 e. The summed E-state index contributed by atoms with van der Waals surface area (Å²) in [6.07, 6.45) is 11.1. The molecule has 1 heterocycles. The van der Waals surface area contributed by atoms with Crippen molar-refractivity contribution in [2.45, 2.75) is 83.7 Å². The standard InChI is InChI=1S/C21H30N2S/c1-15-10-11-16(2)19(17(15)3)22-20-23(18-8-4-5-9-18)21(14-24-20)12-6-7-13-21/h10-11,18H,4-9,12-14H2,1-3H3. The molecule has 3 aliphatic rings. The van der Waals surface area contributed by atoms with Crippen LogP contribution in [0.5, 0.6) is 0 Å². The normalized spacial score (nSPS) is 25.5. The Morgan fingerprint density at radius 1 is 1.00 bits per heavy atom. The average molecular weight is 343 g/mol. The van der Waals surface area contributed by atoms with Crippen molar-refractivity contribution in [3.05, 3.63) is 28.8 Å². The molecule has 0 N–H and O–H groups in total. The van der Waals surface area contributed by atoms with Crippen LogP contribution in [-0.2, 0) is 0 Å². The molecule has 1 spiro atoms. The molecule has 3 fully saturated rings. The minimum absolute atomic E-state index is 0.421. The van der Waals surface area contributed by atoms with Crippen LogP contribution in [0.3, 0.4) is 0 Å². The summed E-state index contributed by atoms with van der Waals surface area (Å²) in [5.74, 6) is 1.26. The summed E-state index contributed by atoms with van der Waals surface area (Å²) in [6, 6.07) is 5.19. The van der Waals surface area contributed by atoms with Gasteiger partial charge in [-0.15, -0.1) is 0 Å². The van der Waals surface area contributed by atoms with Crippen molar-refractivity contribution in [3.63, 3.8) is 0 Å². The largest absolute Gasteiger partial charge is 0.342 e. The quantitative estimate of drug-likeness (QED) is 0.664. The summed E-state index contributed by atoms with van der Waals surface area (Å²) >= 11 is 2.03. The number of hydrogen-bond donors (Lipinski definition) is 0. The zero-order valence-corrected chi connectivity index (χ0v) is 16.2. The van der Waals surface area contributed by atoms with Gasteiger partial charge in [0.15, 0.2) is 5.17 Å². The van der Waals surface area contributed by atoms with Crippen molar-refractivity contribution >= 4 is 22.6 Å². The van der Waals surface area contributed by atoms with Crippen molar-refractivity contribution in [3.8, 4) is 0 Å². The molecule has 0 bridgehead atoms. The van der Waals surface area contributed by atoms with Crippen molar-refractivity contribution in [2.75, 3.05) is 5.75 Å². The molecule has 2 aliphatic carbocycles. The second-order valence-corrected chi connectivity index (χ2v) is 9.04. The summed E-state index contributed by atoms with van der Waals surface area (Å²) < 4.78 is 0. The van der Waals surface area contributed by atoms with Crippen molar-refractivity contribution < 1.29 is 0 Å². The van der Waals surface area contributed by atoms with Crippen LogP contribution in [0.1, 0.15) is 68.1 Å². The lowest BCUT2D eigenvalue weighted by Gasteiger charge is -2.40. The SMILES string of the molecule is Cc1ccc(C)c(N=C2SCC3(CCCC3)N2C2CCCC2)c1C. The van der Waals surface area contributed by atoms with Gasteiger partial charge in [0.05, 0.1) is 11.2 Å². The molecule has 0 amide bonds. The Balaban J connectivity index is 1.75. The number of amidine groups is 1. The molecule has 1 saturated heterocycles. The zero-order valence-electron chi connectivity index (χ0n) is 15.4. The van der Waals surface area contributed by atoms with Crippen LogP contribution in [-0.4, -0.2) is 27.4 Å². The predicted molar refractivity (Wildman–Crippen MR) is 106 cm³/mol. The lowest BCUT2D eigenvalue weighted by molar-refractivity contribution is 0.163. The Kier molecular flexibility index (Phi) is 4.40. The highest BCUT2D eigenvalue weighted by Gasteiger charge is 2.49. The fraction of sp³-hybridized carbons (Fsp3) is 0.667. The summed E-state index contributed by atoms with van der Waals surface area (Å²) in [4.78, 5) is 8.07. The molecular formula is C21H30N2S. The van der Waals surface area contributed by atoms with Crippen LogP contribution in [0.15, 0.2) is 17.1 Å². The minimum atomic E-state index is 0.421. The van der Waals surface area contributed by atoms with E-state index in [1.165, 1.54) is 84.7 Å². The number of hydrogen-bond acceptors (Lipinski definition) is 2. The molecule has 0 atom stereocenters. The summed E-state index contributed by atoms with van der Waals surface area (Å²) in [5.41, 5.74) is 5.65. The maximum atomic E-state index is 5.27. The minimum Gasteiger partial charge on any atom is -0.342 e. The van der Waals surface area contributed by atoms with E-state index in [2.05, 4.69) is 37.8 Å². The fourth-order valence-electron chi connectivity index (χ4n) is 4.96. The molecule has 1 aliphatic heterocycles. The maximum absolute atomic E-state index is 5.27. The number of rotatable bonds is 2. The Hall–Kier alpha value is -0.960. The van der Waals surface area contributed by atoms with Gasteiger partial charge in [-0.1, -0.05) is 49.6 Å². The molecule has 2 nitrogen and oxygen atoms in total. The molecule has 3 heteroatoms. The highest BCUT2D eigenvalue weighted by atomic mass is 32.2. The fourth-order valence-corrected chi connectivity index (χ4v) is 6.42. The van der Waals surface area contributed by atoms with Gasteiger partial charge in [0.2, 0.25) is 0 Å². The molecule has 1 aromatic carbocycles.